The molecular formula is C17H26N2OS. The van der Waals surface area contributed by atoms with Crippen molar-refractivity contribution in [3.63, 3.8) is 0 Å². The molecule has 3 rings (SSSR count). The summed E-state index contributed by atoms with van der Waals surface area (Å²) in [4.78, 5) is 17.5. The molecule has 21 heavy (non-hydrogen) atoms. The molecule has 2 heterocycles. The summed E-state index contributed by atoms with van der Waals surface area (Å²) < 4.78 is 0. The van der Waals surface area contributed by atoms with Crippen LogP contribution in [0, 0.1) is 5.92 Å². The molecule has 1 aromatic rings. The highest BCUT2D eigenvalue weighted by Crippen LogP contribution is 2.33. The van der Waals surface area contributed by atoms with Crippen molar-refractivity contribution in [3.05, 3.63) is 21.4 Å². The summed E-state index contributed by atoms with van der Waals surface area (Å²) in [6.45, 7) is 7.34. The number of fused-ring (bicyclic) bond motifs is 1. The highest BCUT2D eigenvalue weighted by molar-refractivity contribution is 7.14. The quantitative estimate of drug-likeness (QED) is 0.927. The Balaban J connectivity index is 1.79. The van der Waals surface area contributed by atoms with E-state index in [0.717, 1.165) is 56.1 Å². The first-order valence-corrected chi connectivity index (χ1v) is 9.14. The van der Waals surface area contributed by atoms with Gasteiger partial charge in [0, 0.05) is 24.0 Å². The lowest BCUT2D eigenvalue weighted by molar-refractivity contribution is 0.0697. The maximum absolute atomic E-state index is 12.9. The molecule has 0 spiro atoms. The Morgan fingerprint density at radius 1 is 1.48 bits per heavy atom. The van der Waals surface area contributed by atoms with Crippen LogP contribution in [0.1, 0.15) is 53.2 Å². The molecule has 1 saturated heterocycles. The van der Waals surface area contributed by atoms with E-state index in [1.165, 1.54) is 16.9 Å². The fourth-order valence-electron chi connectivity index (χ4n) is 3.55. The van der Waals surface area contributed by atoms with Crippen LogP contribution in [0.3, 0.4) is 0 Å². The van der Waals surface area contributed by atoms with Crippen LogP contribution in [-0.2, 0) is 12.8 Å². The molecule has 0 bridgehead atoms. The minimum absolute atomic E-state index is 0.262. The molecule has 1 aliphatic heterocycles. The largest absolute Gasteiger partial charge is 0.334 e. The van der Waals surface area contributed by atoms with Gasteiger partial charge in [0.2, 0.25) is 0 Å². The van der Waals surface area contributed by atoms with Crippen molar-refractivity contribution in [2.24, 2.45) is 5.92 Å². The zero-order chi connectivity index (χ0) is 14.8. The van der Waals surface area contributed by atoms with Crippen LogP contribution in [0.5, 0.6) is 0 Å². The van der Waals surface area contributed by atoms with E-state index < -0.39 is 0 Å². The van der Waals surface area contributed by atoms with Gasteiger partial charge >= 0.3 is 0 Å². The molecule has 1 aromatic heterocycles. The van der Waals surface area contributed by atoms with E-state index in [2.05, 4.69) is 30.1 Å². The van der Waals surface area contributed by atoms with Crippen molar-refractivity contribution in [1.82, 2.24) is 10.2 Å². The van der Waals surface area contributed by atoms with Crippen molar-refractivity contribution in [3.8, 4) is 0 Å². The van der Waals surface area contributed by atoms with Gasteiger partial charge in [0.1, 0.15) is 0 Å². The molecule has 1 aliphatic carbocycles. The third-order valence-corrected chi connectivity index (χ3v) is 5.97. The first-order valence-electron chi connectivity index (χ1n) is 8.32. The zero-order valence-electron chi connectivity index (χ0n) is 13.2. The maximum Gasteiger partial charge on any atom is 0.264 e. The van der Waals surface area contributed by atoms with E-state index in [1.54, 1.807) is 11.3 Å². The highest BCUT2D eigenvalue weighted by Gasteiger charge is 2.29. The van der Waals surface area contributed by atoms with Crippen molar-refractivity contribution in [2.75, 3.05) is 19.6 Å². The third kappa shape index (κ3) is 3.16. The van der Waals surface area contributed by atoms with Crippen LogP contribution in [0.25, 0.3) is 0 Å². The Morgan fingerprint density at radius 2 is 2.33 bits per heavy atom. The molecule has 0 saturated carbocycles. The Labute approximate surface area is 131 Å². The lowest BCUT2D eigenvalue weighted by atomic mass is 9.90. The van der Waals surface area contributed by atoms with Crippen LogP contribution < -0.4 is 5.32 Å². The molecule has 1 amide bonds. The minimum atomic E-state index is 0.262. The second kappa shape index (κ2) is 6.49. The van der Waals surface area contributed by atoms with Crippen LogP contribution in [0.4, 0.5) is 0 Å². The molecule has 1 fully saturated rings. The van der Waals surface area contributed by atoms with Gasteiger partial charge in [-0.25, -0.2) is 0 Å². The molecule has 2 atom stereocenters. The summed E-state index contributed by atoms with van der Waals surface area (Å²) in [5.74, 6) is 1.03. The average Bonchev–Trinajstić information content (AvgIpc) is 3.12. The minimum Gasteiger partial charge on any atom is -0.334 e. The first-order chi connectivity index (χ1) is 10.2. The van der Waals surface area contributed by atoms with Crippen molar-refractivity contribution < 1.29 is 4.79 Å². The van der Waals surface area contributed by atoms with Gasteiger partial charge in [-0.2, -0.15) is 0 Å². The second-order valence-corrected chi connectivity index (χ2v) is 7.69. The lowest BCUT2D eigenvalue weighted by Crippen LogP contribution is -2.41. The van der Waals surface area contributed by atoms with Crippen LogP contribution >= 0.6 is 11.3 Å². The Kier molecular flexibility index (Phi) is 4.65. The average molecular weight is 306 g/mol. The fraction of sp³-hybridized carbons (Fsp3) is 0.706. The van der Waals surface area contributed by atoms with E-state index in [-0.39, 0.29) is 5.91 Å². The van der Waals surface area contributed by atoms with Crippen molar-refractivity contribution in [2.45, 2.75) is 52.0 Å². The second-order valence-electron chi connectivity index (χ2n) is 6.55. The highest BCUT2D eigenvalue weighted by atomic mass is 32.1. The van der Waals surface area contributed by atoms with E-state index in [9.17, 15) is 4.79 Å². The number of rotatable bonds is 4. The van der Waals surface area contributed by atoms with E-state index >= 15 is 0 Å². The number of hydrogen-bond acceptors (Lipinski definition) is 3. The van der Waals surface area contributed by atoms with Gasteiger partial charge in [-0.05, 0) is 56.2 Å². The molecule has 3 nitrogen and oxygen atoms in total. The number of hydrogen-bond donors (Lipinski definition) is 1. The number of thiophene rings is 1. The van der Waals surface area contributed by atoms with Crippen molar-refractivity contribution >= 4 is 17.2 Å². The SMILES string of the molecule is CCCN(C(=O)c1cc2c(s1)CCC(C)C2)C1CCNC1. The van der Waals surface area contributed by atoms with E-state index in [4.69, 9.17) is 0 Å². The Hall–Kier alpha value is -0.870. The smallest absolute Gasteiger partial charge is 0.264 e. The van der Waals surface area contributed by atoms with Gasteiger partial charge in [0.15, 0.2) is 0 Å². The molecule has 2 unspecified atom stereocenters. The Morgan fingerprint density at radius 3 is 3.05 bits per heavy atom. The molecule has 4 heteroatoms. The van der Waals surface area contributed by atoms with Gasteiger partial charge in [0.25, 0.3) is 5.91 Å². The number of nitrogens with one attached hydrogen (secondary N) is 1. The van der Waals surface area contributed by atoms with Gasteiger partial charge in [-0.3, -0.25) is 4.79 Å². The van der Waals surface area contributed by atoms with Crippen molar-refractivity contribution in [1.29, 1.82) is 0 Å². The lowest BCUT2D eigenvalue weighted by Gasteiger charge is -2.27. The number of amides is 1. The van der Waals surface area contributed by atoms with E-state index in [0.29, 0.717) is 6.04 Å². The maximum atomic E-state index is 12.9. The summed E-state index contributed by atoms with van der Waals surface area (Å²) in [5.41, 5.74) is 1.43. The first kappa shape index (κ1) is 15.0. The number of carbonyl (C=O) groups excluding carboxylic acids is 1. The Bertz CT molecular complexity index is 505. The predicted molar refractivity (Wildman–Crippen MR) is 88.1 cm³/mol. The summed E-state index contributed by atoms with van der Waals surface area (Å²) in [6.07, 6.45) is 5.70. The molecular weight excluding hydrogens is 280 g/mol. The number of nitrogens with zero attached hydrogens (tertiary/aromatic N) is 1. The number of carbonyl (C=O) groups is 1. The van der Waals surface area contributed by atoms with Gasteiger partial charge < -0.3 is 10.2 Å². The standard InChI is InChI=1S/C17H26N2OS/c1-3-8-19(14-6-7-18-11-14)17(20)16-10-13-9-12(2)4-5-15(13)21-16/h10,12,14,18H,3-9,11H2,1-2H3. The predicted octanol–water partition coefficient (Wildman–Crippen LogP) is 3.09. The zero-order valence-corrected chi connectivity index (χ0v) is 14.0. The van der Waals surface area contributed by atoms with E-state index in [1.807, 2.05) is 0 Å². The van der Waals surface area contributed by atoms with Gasteiger partial charge in [0.05, 0.1) is 4.88 Å². The summed E-state index contributed by atoms with van der Waals surface area (Å²) in [5, 5.41) is 3.38. The third-order valence-electron chi connectivity index (χ3n) is 4.74. The molecule has 1 N–H and O–H groups in total. The molecule has 0 radical (unpaired) electrons. The molecule has 0 aromatic carbocycles. The normalized spacial score (nSPS) is 24.9. The summed E-state index contributed by atoms with van der Waals surface area (Å²) >= 11 is 1.75. The van der Waals surface area contributed by atoms with Crippen LogP contribution in [0.2, 0.25) is 0 Å². The fourth-order valence-corrected chi connectivity index (χ4v) is 4.71. The van der Waals surface area contributed by atoms with Crippen LogP contribution in [0.15, 0.2) is 6.07 Å². The summed E-state index contributed by atoms with van der Waals surface area (Å²) in [6, 6.07) is 2.57. The number of aryl methyl sites for hydroxylation is 1. The summed E-state index contributed by atoms with van der Waals surface area (Å²) in [7, 11) is 0. The van der Waals surface area contributed by atoms with Crippen LogP contribution in [-0.4, -0.2) is 36.5 Å². The monoisotopic (exact) mass is 306 g/mol. The van der Waals surface area contributed by atoms with Gasteiger partial charge in [-0.15, -0.1) is 11.3 Å². The van der Waals surface area contributed by atoms with Gasteiger partial charge in [-0.1, -0.05) is 13.8 Å². The topological polar surface area (TPSA) is 32.3 Å². The molecule has 2 aliphatic rings. The molecule has 116 valence electrons.